The van der Waals surface area contributed by atoms with E-state index in [1.54, 1.807) is 13.8 Å². The van der Waals surface area contributed by atoms with E-state index in [1.807, 2.05) is 0 Å². The van der Waals surface area contributed by atoms with E-state index in [2.05, 4.69) is 31.3 Å². The molecule has 1 aromatic heterocycles. The predicted octanol–water partition coefficient (Wildman–Crippen LogP) is -0.331. The number of nitrogens with one attached hydrogen (secondary N) is 3. The number of tetrazole rings is 1. The number of hydrogen-bond donors (Lipinski definition) is 4. The number of nitrogens with zero attached hydrogens (tertiary/aromatic N) is 3. The number of aromatic nitrogens is 4. The zero-order chi connectivity index (χ0) is 13.7. The van der Waals surface area contributed by atoms with E-state index in [1.165, 1.54) is 6.92 Å². The lowest BCUT2D eigenvalue weighted by Gasteiger charge is -2.19. The Kier molecular flexibility index (Phi) is 4.58. The van der Waals surface area contributed by atoms with Crippen LogP contribution in [0.1, 0.15) is 32.6 Å². The lowest BCUT2D eigenvalue weighted by atomic mass is 10.0. The highest BCUT2D eigenvalue weighted by Gasteiger charge is 2.22. The number of rotatable bonds is 5. The van der Waals surface area contributed by atoms with Gasteiger partial charge < -0.3 is 15.7 Å². The fourth-order valence-corrected chi connectivity index (χ4v) is 1.20. The topological polar surface area (TPSA) is 133 Å². The normalized spacial score (nSPS) is 15.5. The van der Waals surface area contributed by atoms with Gasteiger partial charge in [0.15, 0.2) is 5.82 Å². The fourth-order valence-electron chi connectivity index (χ4n) is 1.20. The number of H-pyrrole nitrogens is 1. The number of carboxylic acids is 1. The Morgan fingerprint density at radius 3 is 2.44 bits per heavy atom. The van der Waals surface area contributed by atoms with Crippen LogP contribution in [-0.2, 0) is 4.79 Å². The smallest absolute Gasteiger partial charge is 0.315 e. The molecule has 3 atom stereocenters. The summed E-state index contributed by atoms with van der Waals surface area (Å²) in [6.45, 7) is 4.84. The molecular weight excluding hydrogens is 240 g/mol. The number of amides is 2. The van der Waals surface area contributed by atoms with E-state index in [0.717, 1.165) is 0 Å². The number of urea groups is 1. The van der Waals surface area contributed by atoms with Crippen molar-refractivity contribution in [1.29, 1.82) is 0 Å². The minimum atomic E-state index is -0.964. The minimum absolute atomic E-state index is 0.351. The molecule has 1 rings (SSSR count). The van der Waals surface area contributed by atoms with Crippen LogP contribution in [0.15, 0.2) is 0 Å². The van der Waals surface area contributed by atoms with E-state index < -0.39 is 30.0 Å². The van der Waals surface area contributed by atoms with Crippen molar-refractivity contribution in [3.8, 4) is 0 Å². The van der Waals surface area contributed by atoms with Gasteiger partial charge in [-0.2, -0.15) is 5.21 Å². The molecule has 0 spiro atoms. The summed E-state index contributed by atoms with van der Waals surface area (Å²) in [5, 5.41) is 27.0. The lowest BCUT2D eigenvalue weighted by molar-refractivity contribution is -0.141. The first-order valence-corrected chi connectivity index (χ1v) is 5.45. The summed E-state index contributed by atoms with van der Waals surface area (Å²) >= 11 is 0. The molecule has 2 amide bonds. The molecule has 0 saturated heterocycles. The minimum Gasteiger partial charge on any atom is -0.481 e. The van der Waals surface area contributed by atoms with Crippen molar-refractivity contribution in [2.45, 2.75) is 32.9 Å². The molecule has 1 heterocycles. The van der Waals surface area contributed by atoms with Crippen molar-refractivity contribution < 1.29 is 14.7 Å². The first-order chi connectivity index (χ1) is 8.41. The highest BCUT2D eigenvalue weighted by molar-refractivity contribution is 5.76. The van der Waals surface area contributed by atoms with Crippen LogP contribution in [0, 0.1) is 5.92 Å². The Labute approximate surface area is 103 Å². The van der Waals surface area contributed by atoms with Gasteiger partial charge in [0.2, 0.25) is 0 Å². The number of carbonyl (C=O) groups is 2. The van der Waals surface area contributed by atoms with Gasteiger partial charge in [-0.25, -0.2) is 4.79 Å². The summed E-state index contributed by atoms with van der Waals surface area (Å²) in [6, 6.07) is -1.39. The van der Waals surface area contributed by atoms with Crippen LogP contribution < -0.4 is 10.6 Å². The maximum Gasteiger partial charge on any atom is 0.315 e. The monoisotopic (exact) mass is 256 g/mol. The molecule has 18 heavy (non-hydrogen) atoms. The third kappa shape index (κ3) is 3.68. The molecule has 1 aromatic rings. The van der Waals surface area contributed by atoms with E-state index in [4.69, 9.17) is 5.11 Å². The van der Waals surface area contributed by atoms with Crippen molar-refractivity contribution in [2.24, 2.45) is 5.92 Å². The van der Waals surface area contributed by atoms with Crippen LogP contribution >= 0.6 is 0 Å². The van der Waals surface area contributed by atoms with E-state index in [0.29, 0.717) is 5.82 Å². The van der Waals surface area contributed by atoms with Gasteiger partial charge in [-0.3, -0.25) is 4.79 Å². The average molecular weight is 256 g/mol. The van der Waals surface area contributed by atoms with E-state index in [9.17, 15) is 9.59 Å². The summed E-state index contributed by atoms with van der Waals surface area (Å²) in [6.07, 6.45) is 0. The summed E-state index contributed by atoms with van der Waals surface area (Å²) < 4.78 is 0. The van der Waals surface area contributed by atoms with Crippen LogP contribution in [0.2, 0.25) is 0 Å². The Morgan fingerprint density at radius 1 is 1.28 bits per heavy atom. The molecule has 0 saturated carbocycles. The van der Waals surface area contributed by atoms with E-state index in [-0.39, 0.29) is 0 Å². The quantitative estimate of drug-likeness (QED) is 0.570. The van der Waals surface area contributed by atoms with Gasteiger partial charge in [0.05, 0.1) is 12.0 Å². The average Bonchev–Trinajstić information content (AvgIpc) is 2.80. The number of carboxylic acid groups (broad SMARTS) is 1. The van der Waals surface area contributed by atoms with Gasteiger partial charge in [0.1, 0.15) is 0 Å². The van der Waals surface area contributed by atoms with Gasteiger partial charge in [0.25, 0.3) is 0 Å². The second kappa shape index (κ2) is 5.94. The summed E-state index contributed by atoms with van der Waals surface area (Å²) in [5.41, 5.74) is 0. The van der Waals surface area contributed by atoms with Crippen molar-refractivity contribution in [2.75, 3.05) is 0 Å². The molecule has 3 unspecified atom stereocenters. The molecule has 4 N–H and O–H groups in total. The number of aromatic amines is 1. The zero-order valence-corrected chi connectivity index (χ0v) is 10.3. The highest BCUT2D eigenvalue weighted by atomic mass is 16.4. The first kappa shape index (κ1) is 13.9. The fraction of sp³-hybridized carbons (Fsp3) is 0.667. The van der Waals surface area contributed by atoms with Gasteiger partial charge >= 0.3 is 12.0 Å². The van der Waals surface area contributed by atoms with Crippen molar-refractivity contribution in [3.63, 3.8) is 0 Å². The molecular formula is C9H16N6O3. The highest BCUT2D eigenvalue weighted by Crippen LogP contribution is 2.05. The molecule has 9 heteroatoms. The van der Waals surface area contributed by atoms with Crippen molar-refractivity contribution in [3.05, 3.63) is 5.82 Å². The Hall–Kier alpha value is -2.19. The van der Waals surface area contributed by atoms with Crippen molar-refractivity contribution in [1.82, 2.24) is 31.3 Å². The standard InChI is InChI=1S/C9H16N6O3/c1-4(8(16)17)5(2)10-9(18)11-6(3)7-12-14-15-13-7/h4-6H,1-3H3,(H,16,17)(H2,10,11,18)(H,12,13,14,15). The lowest BCUT2D eigenvalue weighted by Crippen LogP contribution is -2.46. The zero-order valence-electron chi connectivity index (χ0n) is 10.3. The molecule has 0 radical (unpaired) electrons. The Balaban J connectivity index is 2.44. The van der Waals surface area contributed by atoms with Crippen LogP contribution in [0.25, 0.3) is 0 Å². The number of aliphatic carboxylic acids is 1. The van der Waals surface area contributed by atoms with Crippen LogP contribution in [0.5, 0.6) is 0 Å². The second-order valence-electron chi connectivity index (χ2n) is 4.03. The molecule has 0 aromatic carbocycles. The number of hydrogen-bond acceptors (Lipinski definition) is 5. The Bertz CT molecular complexity index is 406. The third-order valence-electron chi connectivity index (χ3n) is 2.59. The van der Waals surface area contributed by atoms with E-state index >= 15 is 0 Å². The SMILES string of the molecule is CC(NC(=O)NC(C)C(C)C(=O)O)c1nn[nH]n1. The van der Waals surface area contributed by atoms with Gasteiger partial charge in [-0.1, -0.05) is 5.21 Å². The van der Waals surface area contributed by atoms with Crippen LogP contribution in [-0.4, -0.2) is 43.8 Å². The molecule has 100 valence electrons. The van der Waals surface area contributed by atoms with Crippen LogP contribution in [0.3, 0.4) is 0 Å². The summed E-state index contributed by atoms with van der Waals surface area (Å²) in [7, 11) is 0. The predicted molar refractivity (Wildman–Crippen MR) is 60.5 cm³/mol. The van der Waals surface area contributed by atoms with Gasteiger partial charge in [0, 0.05) is 6.04 Å². The third-order valence-corrected chi connectivity index (χ3v) is 2.59. The maximum atomic E-state index is 11.6. The molecule has 9 nitrogen and oxygen atoms in total. The molecule has 0 aliphatic heterocycles. The van der Waals surface area contributed by atoms with Gasteiger partial charge in [-0.05, 0) is 20.8 Å². The van der Waals surface area contributed by atoms with Crippen molar-refractivity contribution >= 4 is 12.0 Å². The largest absolute Gasteiger partial charge is 0.481 e. The number of carbonyl (C=O) groups excluding carboxylic acids is 1. The maximum absolute atomic E-state index is 11.6. The molecule has 0 aliphatic rings. The molecule has 0 aliphatic carbocycles. The van der Waals surface area contributed by atoms with Crippen LogP contribution in [0.4, 0.5) is 4.79 Å². The molecule has 0 fully saturated rings. The second-order valence-corrected chi connectivity index (χ2v) is 4.03. The molecule has 0 bridgehead atoms. The summed E-state index contributed by atoms with van der Waals surface area (Å²) in [4.78, 5) is 22.3. The van der Waals surface area contributed by atoms with Gasteiger partial charge in [-0.15, -0.1) is 10.2 Å². The first-order valence-electron chi connectivity index (χ1n) is 5.45. The Morgan fingerprint density at radius 2 is 1.94 bits per heavy atom. The summed E-state index contributed by atoms with van der Waals surface area (Å²) in [5.74, 6) is -1.28.